The van der Waals surface area contributed by atoms with Crippen molar-refractivity contribution in [1.29, 1.82) is 0 Å². The highest BCUT2D eigenvalue weighted by Crippen LogP contribution is 2.39. The quantitative estimate of drug-likeness (QED) is 0.694. The van der Waals surface area contributed by atoms with Gasteiger partial charge < -0.3 is 14.0 Å². The standard InChI is InChI=1S/C21H23NO2/c1-3-20-21-17-13-16(23-2)9-10-18(17)22(19(21)11-12-24-20)14-15-7-5-4-6-8-15/h4-10,13,20H,3,11-12,14H2,1-2H3. The van der Waals surface area contributed by atoms with Crippen LogP contribution < -0.4 is 4.74 Å². The van der Waals surface area contributed by atoms with E-state index in [0.29, 0.717) is 0 Å². The summed E-state index contributed by atoms with van der Waals surface area (Å²) < 4.78 is 14.0. The van der Waals surface area contributed by atoms with E-state index in [1.54, 1.807) is 7.11 Å². The molecule has 3 nitrogen and oxygen atoms in total. The molecule has 0 N–H and O–H groups in total. The van der Waals surface area contributed by atoms with Crippen molar-refractivity contribution in [2.75, 3.05) is 13.7 Å². The molecule has 2 aromatic carbocycles. The summed E-state index contributed by atoms with van der Waals surface area (Å²) in [6, 6.07) is 17.1. The summed E-state index contributed by atoms with van der Waals surface area (Å²) >= 11 is 0. The zero-order valence-electron chi connectivity index (χ0n) is 14.3. The van der Waals surface area contributed by atoms with Crippen LogP contribution in [-0.2, 0) is 17.7 Å². The van der Waals surface area contributed by atoms with E-state index in [9.17, 15) is 0 Å². The van der Waals surface area contributed by atoms with Crippen LogP contribution in [0.5, 0.6) is 5.75 Å². The highest BCUT2D eigenvalue weighted by Gasteiger charge is 2.27. The molecule has 2 heterocycles. The summed E-state index contributed by atoms with van der Waals surface area (Å²) in [6.45, 7) is 3.89. The third kappa shape index (κ3) is 2.49. The van der Waals surface area contributed by atoms with Crippen LogP contribution in [-0.4, -0.2) is 18.3 Å². The fourth-order valence-electron chi connectivity index (χ4n) is 3.82. The third-order valence-corrected chi connectivity index (χ3v) is 4.96. The molecule has 124 valence electrons. The summed E-state index contributed by atoms with van der Waals surface area (Å²) in [7, 11) is 1.72. The Bertz CT molecular complexity index is 851. The lowest BCUT2D eigenvalue weighted by molar-refractivity contribution is 0.0396. The van der Waals surface area contributed by atoms with Gasteiger partial charge in [0.2, 0.25) is 0 Å². The summed E-state index contributed by atoms with van der Waals surface area (Å²) in [6.07, 6.45) is 2.14. The highest BCUT2D eigenvalue weighted by atomic mass is 16.5. The largest absolute Gasteiger partial charge is 0.497 e. The van der Waals surface area contributed by atoms with Crippen LogP contribution in [0.1, 0.15) is 36.3 Å². The maximum atomic E-state index is 6.04. The lowest BCUT2D eigenvalue weighted by Crippen LogP contribution is -2.18. The number of ether oxygens (including phenoxy) is 2. The van der Waals surface area contributed by atoms with E-state index in [-0.39, 0.29) is 6.10 Å². The molecule has 0 radical (unpaired) electrons. The first-order valence-corrected chi connectivity index (χ1v) is 8.66. The molecule has 3 heteroatoms. The second kappa shape index (κ2) is 6.33. The average Bonchev–Trinajstić information content (AvgIpc) is 2.96. The zero-order valence-corrected chi connectivity index (χ0v) is 14.3. The molecule has 1 aromatic heterocycles. The fourth-order valence-corrected chi connectivity index (χ4v) is 3.82. The monoisotopic (exact) mass is 321 g/mol. The smallest absolute Gasteiger partial charge is 0.119 e. The van der Waals surface area contributed by atoms with Crippen LogP contribution >= 0.6 is 0 Å². The van der Waals surface area contributed by atoms with E-state index < -0.39 is 0 Å². The number of nitrogens with zero attached hydrogens (tertiary/aromatic N) is 1. The number of benzene rings is 2. The molecule has 0 bridgehead atoms. The van der Waals surface area contributed by atoms with Crippen LogP contribution in [0.2, 0.25) is 0 Å². The van der Waals surface area contributed by atoms with Crippen molar-refractivity contribution in [2.45, 2.75) is 32.4 Å². The number of hydrogen-bond acceptors (Lipinski definition) is 2. The normalized spacial score (nSPS) is 17.0. The fraction of sp³-hybridized carbons (Fsp3) is 0.333. The minimum atomic E-state index is 0.181. The SMILES string of the molecule is CCC1OCCc2c1c1cc(OC)ccc1n2Cc1ccccc1. The first-order chi connectivity index (χ1) is 11.8. The Balaban J connectivity index is 1.92. The van der Waals surface area contributed by atoms with Crippen molar-refractivity contribution in [2.24, 2.45) is 0 Å². The van der Waals surface area contributed by atoms with Gasteiger partial charge in [0.25, 0.3) is 0 Å². The van der Waals surface area contributed by atoms with Gasteiger partial charge in [-0.05, 0) is 30.2 Å². The van der Waals surface area contributed by atoms with Gasteiger partial charge in [0.1, 0.15) is 5.75 Å². The van der Waals surface area contributed by atoms with E-state index in [4.69, 9.17) is 9.47 Å². The van der Waals surface area contributed by atoms with Gasteiger partial charge in [0.05, 0.1) is 19.8 Å². The zero-order chi connectivity index (χ0) is 16.5. The molecule has 0 saturated heterocycles. The van der Waals surface area contributed by atoms with E-state index in [2.05, 4.69) is 60.0 Å². The molecular weight excluding hydrogens is 298 g/mol. The second-order valence-corrected chi connectivity index (χ2v) is 6.33. The van der Waals surface area contributed by atoms with Gasteiger partial charge in [-0.3, -0.25) is 0 Å². The van der Waals surface area contributed by atoms with Gasteiger partial charge in [-0.15, -0.1) is 0 Å². The number of hydrogen-bond donors (Lipinski definition) is 0. The predicted molar refractivity (Wildman–Crippen MR) is 96.7 cm³/mol. The summed E-state index contributed by atoms with van der Waals surface area (Å²) in [5, 5.41) is 1.27. The molecule has 3 aromatic rings. The predicted octanol–water partition coefficient (Wildman–Crippen LogP) is 4.72. The minimum absolute atomic E-state index is 0.181. The first-order valence-electron chi connectivity index (χ1n) is 8.66. The van der Waals surface area contributed by atoms with Crippen molar-refractivity contribution in [3.8, 4) is 5.75 Å². The first kappa shape index (κ1) is 15.3. The van der Waals surface area contributed by atoms with Gasteiger partial charge in [-0.25, -0.2) is 0 Å². The Morgan fingerprint density at radius 2 is 2.00 bits per heavy atom. The van der Waals surface area contributed by atoms with Crippen LogP contribution in [0, 0.1) is 0 Å². The van der Waals surface area contributed by atoms with E-state index in [0.717, 1.165) is 31.7 Å². The lowest BCUT2D eigenvalue weighted by atomic mass is 9.99. The molecule has 1 atom stereocenters. The molecule has 24 heavy (non-hydrogen) atoms. The van der Waals surface area contributed by atoms with Gasteiger partial charge in [-0.2, -0.15) is 0 Å². The number of methoxy groups -OCH3 is 1. The molecule has 0 fully saturated rings. The molecule has 1 unspecified atom stereocenters. The maximum Gasteiger partial charge on any atom is 0.119 e. The lowest BCUT2D eigenvalue weighted by Gasteiger charge is -2.24. The Labute approximate surface area is 142 Å². The van der Waals surface area contributed by atoms with Gasteiger partial charge in [-0.1, -0.05) is 37.3 Å². The Morgan fingerprint density at radius 3 is 2.75 bits per heavy atom. The van der Waals surface area contributed by atoms with Crippen molar-refractivity contribution < 1.29 is 9.47 Å². The molecule has 0 spiro atoms. The Hall–Kier alpha value is -2.26. The molecule has 1 aliphatic rings. The summed E-state index contributed by atoms with van der Waals surface area (Å²) in [5.41, 5.74) is 5.37. The van der Waals surface area contributed by atoms with Gasteiger partial charge in [0.15, 0.2) is 0 Å². The van der Waals surface area contributed by atoms with Crippen LogP contribution in [0.15, 0.2) is 48.5 Å². The van der Waals surface area contributed by atoms with Crippen molar-refractivity contribution in [3.05, 3.63) is 65.4 Å². The number of rotatable bonds is 4. The van der Waals surface area contributed by atoms with E-state index in [1.165, 1.54) is 27.7 Å². The molecule has 1 aliphatic heterocycles. The molecule has 4 rings (SSSR count). The van der Waals surface area contributed by atoms with Crippen molar-refractivity contribution in [3.63, 3.8) is 0 Å². The van der Waals surface area contributed by atoms with Crippen molar-refractivity contribution in [1.82, 2.24) is 4.57 Å². The molecule has 0 saturated carbocycles. The van der Waals surface area contributed by atoms with Crippen LogP contribution in [0.4, 0.5) is 0 Å². The average molecular weight is 321 g/mol. The van der Waals surface area contributed by atoms with Crippen LogP contribution in [0.3, 0.4) is 0 Å². The number of aromatic nitrogens is 1. The molecular formula is C21H23NO2. The highest BCUT2D eigenvalue weighted by molar-refractivity contribution is 5.87. The Morgan fingerprint density at radius 1 is 1.17 bits per heavy atom. The second-order valence-electron chi connectivity index (χ2n) is 6.33. The third-order valence-electron chi connectivity index (χ3n) is 4.96. The Kier molecular flexibility index (Phi) is 4.03. The minimum Gasteiger partial charge on any atom is -0.497 e. The topological polar surface area (TPSA) is 23.4 Å². The molecule has 0 aliphatic carbocycles. The summed E-state index contributed by atoms with van der Waals surface area (Å²) in [4.78, 5) is 0. The van der Waals surface area contributed by atoms with E-state index in [1.807, 2.05) is 0 Å². The maximum absolute atomic E-state index is 6.04. The molecule has 0 amide bonds. The summed E-state index contributed by atoms with van der Waals surface area (Å²) in [5.74, 6) is 0.905. The van der Waals surface area contributed by atoms with Crippen molar-refractivity contribution >= 4 is 10.9 Å². The van der Waals surface area contributed by atoms with Crippen LogP contribution in [0.25, 0.3) is 10.9 Å². The van der Waals surface area contributed by atoms with Gasteiger partial charge >= 0.3 is 0 Å². The number of fused-ring (bicyclic) bond motifs is 3. The van der Waals surface area contributed by atoms with E-state index >= 15 is 0 Å². The van der Waals surface area contributed by atoms with Gasteiger partial charge in [0, 0.05) is 35.1 Å².